The Morgan fingerprint density at radius 1 is 1.00 bits per heavy atom. The molecule has 0 aliphatic carbocycles. The normalized spacial score (nSPS) is 12.0. The Hall–Kier alpha value is -0.0400. The van der Waals surface area contributed by atoms with Crippen LogP contribution in [0, 0.1) is 17.8 Å². The molecule has 0 amide bonds. The van der Waals surface area contributed by atoms with Crippen molar-refractivity contribution < 1.29 is 0 Å². The minimum Gasteiger partial charge on any atom is -0.316 e. The Bertz CT molecular complexity index is 99.7. The van der Waals surface area contributed by atoms with Crippen LogP contribution >= 0.6 is 0 Å². The summed E-state index contributed by atoms with van der Waals surface area (Å²) in [6.45, 7) is 13.9. The molecule has 80 valence electrons. The predicted octanol–water partition coefficient (Wildman–Crippen LogP) is 3.30. The lowest BCUT2D eigenvalue weighted by Crippen LogP contribution is -2.30. The second-order valence-electron chi connectivity index (χ2n) is 4.71. The lowest BCUT2D eigenvalue weighted by molar-refractivity contribution is 0.276. The Morgan fingerprint density at radius 3 is 1.92 bits per heavy atom. The minimum atomic E-state index is 0.800. The molecule has 0 aliphatic heterocycles. The van der Waals surface area contributed by atoms with Gasteiger partial charge in [-0.05, 0) is 37.3 Å². The van der Waals surface area contributed by atoms with Crippen LogP contribution in [0.5, 0.6) is 0 Å². The molecule has 1 N–H and O–H groups in total. The smallest absolute Gasteiger partial charge is 0.00156 e. The highest BCUT2D eigenvalue weighted by Crippen LogP contribution is 2.19. The third-order valence-electron chi connectivity index (χ3n) is 2.80. The van der Waals surface area contributed by atoms with E-state index in [2.05, 4.69) is 39.9 Å². The highest BCUT2D eigenvalue weighted by atomic mass is 14.9. The fourth-order valence-corrected chi connectivity index (χ4v) is 1.81. The van der Waals surface area contributed by atoms with Crippen LogP contribution in [0.4, 0.5) is 0 Å². The first-order chi connectivity index (χ1) is 6.09. The van der Waals surface area contributed by atoms with E-state index in [0.717, 1.165) is 17.8 Å². The molecule has 1 nitrogen and oxygen atoms in total. The van der Waals surface area contributed by atoms with Crippen molar-refractivity contribution in [2.45, 2.75) is 47.5 Å². The van der Waals surface area contributed by atoms with E-state index in [1.165, 1.54) is 25.9 Å². The van der Waals surface area contributed by atoms with Crippen LogP contribution in [-0.4, -0.2) is 13.1 Å². The summed E-state index contributed by atoms with van der Waals surface area (Å²) in [6.07, 6.45) is 2.60. The summed E-state index contributed by atoms with van der Waals surface area (Å²) in [5, 5.41) is 3.55. The number of rotatable bonds is 7. The molecule has 0 saturated carbocycles. The molecule has 13 heavy (non-hydrogen) atoms. The molecular formula is C12H27N. The van der Waals surface area contributed by atoms with Crippen molar-refractivity contribution >= 4 is 0 Å². The second kappa shape index (κ2) is 7.37. The fourth-order valence-electron chi connectivity index (χ4n) is 1.81. The maximum atomic E-state index is 3.55. The van der Waals surface area contributed by atoms with Crippen molar-refractivity contribution in [3.8, 4) is 0 Å². The van der Waals surface area contributed by atoms with Gasteiger partial charge in [0.25, 0.3) is 0 Å². The highest BCUT2D eigenvalue weighted by Gasteiger charge is 2.16. The standard InChI is InChI=1S/C12H27N/c1-6-7-8-13-9-12(10(2)3)11(4)5/h10-13H,6-9H2,1-5H3. The summed E-state index contributed by atoms with van der Waals surface area (Å²) in [5.74, 6) is 2.43. The van der Waals surface area contributed by atoms with Gasteiger partial charge in [-0.25, -0.2) is 0 Å². The molecule has 0 atom stereocenters. The van der Waals surface area contributed by atoms with Crippen LogP contribution in [-0.2, 0) is 0 Å². The summed E-state index contributed by atoms with van der Waals surface area (Å²) < 4.78 is 0. The molecule has 0 radical (unpaired) electrons. The quantitative estimate of drug-likeness (QED) is 0.600. The maximum Gasteiger partial charge on any atom is -0.00156 e. The number of unbranched alkanes of at least 4 members (excludes halogenated alkanes) is 1. The molecule has 0 saturated heterocycles. The Balaban J connectivity index is 3.58. The highest BCUT2D eigenvalue weighted by molar-refractivity contribution is 4.69. The van der Waals surface area contributed by atoms with Gasteiger partial charge < -0.3 is 5.32 Å². The predicted molar refractivity (Wildman–Crippen MR) is 60.9 cm³/mol. The van der Waals surface area contributed by atoms with E-state index in [9.17, 15) is 0 Å². The molecule has 0 rings (SSSR count). The van der Waals surface area contributed by atoms with Crippen LogP contribution in [0.3, 0.4) is 0 Å². The van der Waals surface area contributed by atoms with Crippen LogP contribution in [0.15, 0.2) is 0 Å². The summed E-state index contributed by atoms with van der Waals surface area (Å²) in [5.41, 5.74) is 0. The first kappa shape index (κ1) is 13.0. The summed E-state index contributed by atoms with van der Waals surface area (Å²) >= 11 is 0. The average Bonchev–Trinajstić information content (AvgIpc) is 2.02. The third-order valence-corrected chi connectivity index (χ3v) is 2.80. The first-order valence-corrected chi connectivity index (χ1v) is 5.80. The van der Waals surface area contributed by atoms with Crippen LogP contribution < -0.4 is 5.32 Å². The number of nitrogens with one attached hydrogen (secondary N) is 1. The Labute approximate surface area is 84.3 Å². The van der Waals surface area contributed by atoms with Crippen molar-refractivity contribution in [1.29, 1.82) is 0 Å². The molecular weight excluding hydrogens is 158 g/mol. The lowest BCUT2D eigenvalue weighted by atomic mass is 9.85. The molecule has 0 aromatic carbocycles. The average molecular weight is 185 g/mol. The fraction of sp³-hybridized carbons (Fsp3) is 1.00. The van der Waals surface area contributed by atoms with Gasteiger partial charge in [0.05, 0.1) is 0 Å². The van der Waals surface area contributed by atoms with E-state index >= 15 is 0 Å². The third kappa shape index (κ3) is 6.09. The Kier molecular flexibility index (Phi) is 7.35. The van der Waals surface area contributed by atoms with E-state index in [0.29, 0.717) is 0 Å². The van der Waals surface area contributed by atoms with E-state index in [-0.39, 0.29) is 0 Å². The van der Waals surface area contributed by atoms with Gasteiger partial charge >= 0.3 is 0 Å². The van der Waals surface area contributed by atoms with Gasteiger partial charge in [-0.15, -0.1) is 0 Å². The van der Waals surface area contributed by atoms with Crippen molar-refractivity contribution in [3.05, 3.63) is 0 Å². The molecule has 0 aromatic heterocycles. The van der Waals surface area contributed by atoms with Crippen LogP contribution in [0.25, 0.3) is 0 Å². The second-order valence-corrected chi connectivity index (χ2v) is 4.71. The van der Waals surface area contributed by atoms with E-state index in [4.69, 9.17) is 0 Å². The topological polar surface area (TPSA) is 12.0 Å². The summed E-state index contributed by atoms with van der Waals surface area (Å²) in [7, 11) is 0. The van der Waals surface area contributed by atoms with Gasteiger partial charge in [0.2, 0.25) is 0 Å². The number of hydrogen-bond acceptors (Lipinski definition) is 1. The molecule has 0 aliphatic rings. The van der Waals surface area contributed by atoms with Gasteiger partial charge in [0.1, 0.15) is 0 Å². The van der Waals surface area contributed by atoms with Crippen molar-refractivity contribution in [1.82, 2.24) is 5.32 Å². The van der Waals surface area contributed by atoms with E-state index in [1.54, 1.807) is 0 Å². The van der Waals surface area contributed by atoms with Gasteiger partial charge in [0.15, 0.2) is 0 Å². The molecule has 0 heterocycles. The van der Waals surface area contributed by atoms with Crippen LogP contribution in [0.1, 0.15) is 47.5 Å². The molecule has 0 unspecified atom stereocenters. The minimum absolute atomic E-state index is 0.800. The van der Waals surface area contributed by atoms with E-state index in [1.807, 2.05) is 0 Å². The zero-order valence-electron chi connectivity index (χ0n) is 10.1. The van der Waals surface area contributed by atoms with Gasteiger partial charge in [-0.2, -0.15) is 0 Å². The molecule has 0 fully saturated rings. The van der Waals surface area contributed by atoms with Gasteiger partial charge in [0, 0.05) is 0 Å². The van der Waals surface area contributed by atoms with Gasteiger partial charge in [-0.3, -0.25) is 0 Å². The summed E-state index contributed by atoms with van der Waals surface area (Å²) in [6, 6.07) is 0. The summed E-state index contributed by atoms with van der Waals surface area (Å²) in [4.78, 5) is 0. The van der Waals surface area contributed by atoms with Gasteiger partial charge in [-0.1, -0.05) is 41.0 Å². The van der Waals surface area contributed by atoms with Crippen molar-refractivity contribution in [3.63, 3.8) is 0 Å². The Morgan fingerprint density at radius 2 is 1.54 bits per heavy atom. The van der Waals surface area contributed by atoms with Crippen molar-refractivity contribution in [2.24, 2.45) is 17.8 Å². The van der Waals surface area contributed by atoms with Crippen molar-refractivity contribution in [2.75, 3.05) is 13.1 Å². The molecule has 1 heteroatoms. The largest absolute Gasteiger partial charge is 0.316 e. The molecule has 0 spiro atoms. The first-order valence-electron chi connectivity index (χ1n) is 5.80. The maximum absolute atomic E-state index is 3.55. The van der Waals surface area contributed by atoms with Crippen LogP contribution in [0.2, 0.25) is 0 Å². The van der Waals surface area contributed by atoms with E-state index < -0.39 is 0 Å². The lowest BCUT2D eigenvalue weighted by Gasteiger charge is -2.25. The molecule has 0 bridgehead atoms. The number of hydrogen-bond donors (Lipinski definition) is 1. The SMILES string of the molecule is CCCCNCC(C(C)C)C(C)C. The zero-order valence-corrected chi connectivity index (χ0v) is 10.1. The molecule has 0 aromatic rings. The zero-order chi connectivity index (χ0) is 10.3. The monoisotopic (exact) mass is 185 g/mol.